The molecule has 0 saturated heterocycles. The molecule has 0 unspecified atom stereocenters. The van der Waals surface area contributed by atoms with Gasteiger partial charge in [-0.25, -0.2) is 4.98 Å². The summed E-state index contributed by atoms with van der Waals surface area (Å²) >= 11 is 11.0. The van der Waals surface area contributed by atoms with Crippen LogP contribution in [0.5, 0.6) is 5.75 Å². The van der Waals surface area contributed by atoms with Gasteiger partial charge in [-0.05, 0) is 59.6 Å². The summed E-state index contributed by atoms with van der Waals surface area (Å²) in [6.45, 7) is 0. The fourth-order valence-corrected chi connectivity index (χ4v) is 5.89. The Bertz CT molecular complexity index is 1280. The van der Waals surface area contributed by atoms with E-state index in [0.29, 0.717) is 5.02 Å². The maximum atomic E-state index is 6.29. The smallest absolute Gasteiger partial charge is 0.203 e. The molecule has 0 amide bonds. The molecule has 3 aromatic heterocycles. The summed E-state index contributed by atoms with van der Waals surface area (Å²) in [6.07, 6.45) is 0. The van der Waals surface area contributed by atoms with Gasteiger partial charge < -0.3 is 4.74 Å². The number of para-hydroxylation sites is 1. The van der Waals surface area contributed by atoms with E-state index in [-0.39, 0.29) is 0 Å². The van der Waals surface area contributed by atoms with Crippen LogP contribution < -0.4 is 4.74 Å². The predicted octanol–water partition coefficient (Wildman–Crippen LogP) is 6.42. The Morgan fingerprint density at radius 3 is 2.62 bits per heavy atom. The molecular formula is C20H13ClN4OS3. The maximum Gasteiger partial charge on any atom is 0.203 e. The zero-order valence-electron chi connectivity index (χ0n) is 15.1. The van der Waals surface area contributed by atoms with Gasteiger partial charge in [0.15, 0.2) is 10.2 Å². The van der Waals surface area contributed by atoms with Crippen LogP contribution in [-0.4, -0.2) is 26.9 Å². The summed E-state index contributed by atoms with van der Waals surface area (Å²) in [4.78, 5) is 5.74. The summed E-state index contributed by atoms with van der Waals surface area (Å²) < 4.78 is 9.26. The van der Waals surface area contributed by atoms with Gasteiger partial charge in [-0.2, -0.15) is 0 Å². The standard InChI is InChI=1S/C20H13ClN4OS3/c1-26-13-9-7-12(8-10-13)25-18(16-6-3-11-27-16)23-24-19(25)29-20-22-17-14(21)4-2-5-15(17)28-20/h2-11H,1H3. The normalized spacial score (nSPS) is 11.2. The van der Waals surface area contributed by atoms with Gasteiger partial charge in [0.2, 0.25) is 5.16 Å². The molecule has 0 aliphatic carbocycles. The Balaban J connectivity index is 1.61. The molecule has 0 radical (unpaired) electrons. The van der Waals surface area contributed by atoms with Crippen molar-refractivity contribution in [2.45, 2.75) is 9.50 Å². The molecule has 0 bridgehead atoms. The summed E-state index contributed by atoms with van der Waals surface area (Å²) in [5.41, 5.74) is 1.77. The average Bonchev–Trinajstić information content (AvgIpc) is 3.48. The number of benzene rings is 2. The number of rotatable bonds is 5. The minimum Gasteiger partial charge on any atom is -0.497 e. The van der Waals surface area contributed by atoms with Crippen molar-refractivity contribution in [1.29, 1.82) is 0 Å². The topological polar surface area (TPSA) is 52.8 Å². The van der Waals surface area contributed by atoms with Gasteiger partial charge in [-0.15, -0.1) is 32.9 Å². The highest BCUT2D eigenvalue weighted by atomic mass is 35.5. The third kappa shape index (κ3) is 3.53. The SMILES string of the molecule is COc1ccc(-n2c(Sc3nc4c(Cl)cccc4s3)nnc2-c2cccs2)cc1. The number of hydrogen-bond acceptors (Lipinski definition) is 7. The van der Waals surface area contributed by atoms with E-state index in [9.17, 15) is 0 Å². The molecule has 5 nitrogen and oxygen atoms in total. The van der Waals surface area contributed by atoms with Crippen LogP contribution in [0, 0.1) is 0 Å². The number of nitrogens with zero attached hydrogens (tertiary/aromatic N) is 4. The molecule has 0 atom stereocenters. The summed E-state index contributed by atoms with van der Waals surface area (Å²) in [5, 5.41) is 12.4. The molecule has 2 aromatic carbocycles. The number of methoxy groups -OCH3 is 1. The number of hydrogen-bond donors (Lipinski definition) is 0. The number of halogens is 1. The highest BCUT2D eigenvalue weighted by molar-refractivity contribution is 8.01. The lowest BCUT2D eigenvalue weighted by Crippen LogP contribution is -1.98. The first kappa shape index (κ1) is 18.6. The predicted molar refractivity (Wildman–Crippen MR) is 120 cm³/mol. The zero-order chi connectivity index (χ0) is 19.8. The number of aromatic nitrogens is 4. The second-order valence-electron chi connectivity index (χ2n) is 5.99. The maximum absolute atomic E-state index is 6.29. The van der Waals surface area contributed by atoms with Crippen molar-refractivity contribution < 1.29 is 4.74 Å². The van der Waals surface area contributed by atoms with Crippen molar-refractivity contribution in [1.82, 2.24) is 19.7 Å². The highest BCUT2D eigenvalue weighted by Crippen LogP contribution is 2.38. The summed E-state index contributed by atoms with van der Waals surface area (Å²) in [5.74, 6) is 1.60. The first-order chi connectivity index (χ1) is 14.2. The minimum absolute atomic E-state index is 0.654. The zero-order valence-corrected chi connectivity index (χ0v) is 18.3. The van der Waals surface area contributed by atoms with Crippen LogP contribution in [0.15, 0.2) is 69.5 Å². The molecule has 3 heterocycles. The van der Waals surface area contributed by atoms with E-state index >= 15 is 0 Å². The average molecular weight is 457 g/mol. The van der Waals surface area contributed by atoms with E-state index < -0.39 is 0 Å². The summed E-state index contributed by atoms with van der Waals surface area (Å²) in [7, 11) is 1.66. The number of fused-ring (bicyclic) bond motifs is 1. The lowest BCUT2D eigenvalue weighted by atomic mass is 10.3. The number of thiophene rings is 1. The molecule has 0 saturated carbocycles. The fourth-order valence-electron chi connectivity index (χ4n) is 2.88. The van der Waals surface area contributed by atoms with E-state index in [4.69, 9.17) is 21.3 Å². The molecule has 5 rings (SSSR count). The molecular weight excluding hydrogens is 444 g/mol. The van der Waals surface area contributed by atoms with E-state index in [1.165, 1.54) is 11.8 Å². The highest BCUT2D eigenvalue weighted by Gasteiger charge is 2.19. The molecule has 5 aromatic rings. The Kier molecular flexibility index (Phi) is 5.01. The van der Waals surface area contributed by atoms with E-state index in [2.05, 4.69) is 10.2 Å². The van der Waals surface area contributed by atoms with Gasteiger partial charge >= 0.3 is 0 Å². The van der Waals surface area contributed by atoms with Gasteiger partial charge in [0.05, 0.1) is 27.4 Å². The van der Waals surface area contributed by atoms with Crippen LogP contribution in [-0.2, 0) is 0 Å². The van der Waals surface area contributed by atoms with Crippen LogP contribution in [0.3, 0.4) is 0 Å². The molecule has 0 aliphatic rings. The largest absolute Gasteiger partial charge is 0.497 e. The van der Waals surface area contributed by atoms with Crippen LogP contribution >= 0.6 is 46.0 Å². The third-order valence-corrected chi connectivity index (χ3v) is 7.43. The Morgan fingerprint density at radius 1 is 1.03 bits per heavy atom. The Labute approximate surface area is 184 Å². The van der Waals surface area contributed by atoms with Crippen molar-refractivity contribution in [2.24, 2.45) is 0 Å². The van der Waals surface area contributed by atoms with Gasteiger partial charge in [-0.3, -0.25) is 4.57 Å². The van der Waals surface area contributed by atoms with Crippen LogP contribution in [0.4, 0.5) is 0 Å². The van der Waals surface area contributed by atoms with Gasteiger partial charge in [0, 0.05) is 0 Å². The molecule has 0 aliphatic heterocycles. The third-order valence-electron chi connectivity index (χ3n) is 4.23. The van der Waals surface area contributed by atoms with Gasteiger partial charge in [0.25, 0.3) is 0 Å². The molecule has 0 N–H and O–H groups in total. The van der Waals surface area contributed by atoms with E-state index in [0.717, 1.165) is 41.9 Å². The van der Waals surface area contributed by atoms with Crippen molar-refractivity contribution >= 4 is 56.3 Å². The Morgan fingerprint density at radius 2 is 1.90 bits per heavy atom. The second-order valence-corrected chi connectivity index (χ2v) is 9.59. The van der Waals surface area contributed by atoms with Crippen molar-refractivity contribution in [2.75, 3.05) is 7.11 Å². The first-order valence-electron chi connectivity index (χ1n) is 8.59. The van der Waals surface area contributed by atoms with Crippen molar-refractivity contribution in [3.8, 4) is 22.1 Å². The second kappa shape index (κ2) is 7.79. The number of thiazole rings is 1. The number of ether oxygens (including phenoxy) is 1. The van der Waals surface area contributed by atoms with Crippen molar-refractivity contribution in [3.63, 3.8) is 0 Å². The first-order valence-corrected chi connectivity index (χ1v) is 11.5. The monoisotopic (exact) mass is 456 g/mol. The lowest BCUT2D eigenvalue weighted by Gasteiger charge is -2.09. The molecule has 144 valence electrons. The van der Waals surface area contributed by atoms with E-state index in [1.54, 1.807) is 29.8 Å². The van der Waals surface area contributed by atoms with E-state index in [1.807, 2.05) is 64.5 Å². The van der Waals surface area contributed by atoms with Gasteiger partial charge in [0.1, 0.15) is 11.3 Å². The van der Waals surface area contributed by atoms with Crippen LogP contribution in [0.2, 0.25) is 5.02 Å². The van der Waals surface area contributed by atoms with Crippen molar-refractivity contribution in [3.05, 3.63) is 65.0 Å². The fraction of sp³-hybridized carbons (Fsp3) is 0.0500. The van der Waals surface area contributed by atoms with Gasteiger partial charge in [-0.1, -0.05) is 23.7 Å². The van der Waals surface area contributed by atoms with Crippen LogP contribution in [0.25, 0.3) is 26.6 Å². The van der Waals surface area contributed by atoms with Crippen LogP contribution in [0.1, 0.15) is 0 Å². The summed E-state index contributed by atoms with van der Waals surface area (Å²) in [6, 6.07) is 17.7. The molecule has 0 fully saturated rings. The lowest BCUT2D eigenvalue weighted by molar-refractivity contribution is 0.414. The molecule has 9 heteroatoms. The quantitative estimate of drug-likeness (QED) is 0.305. The molecule has 0 spiro atoms. The minimum atomic E-state index is 0.654. The Hall–Kier alpha value is -2.39. The molecule has 29 heavy (non-hydrogen) atoms.